The van der Waals surface area contributed by atoms with Crippen LogP contribution in [0, 0.1) is 0 Å². The molecule has 0 aliphatic carbocycles. The van der Waals surface area contributed by atoms with Crippen LogP contribution in [-0.2, 0) is 0 Å². The molecule has 0 aromatic heterocycles. The van der Waals surface area contributed by atoms with Gasteiger partial charge in [0.15, 0.2) is 0 Å². The van der Waals surface area contributed by atoms with E-state index < -0.39 is 0 Å². The summed E-state index contributed by atoms with van der Waals surface area (Å²) in [4.78, 5) is 0. The molecule has 0 aromatic carbocycles. The molecular weight excluding hydrogens is 127 g/mol. The lowest BCUT2D eigenvalue weighted by molar-refractivity contribution is 0.667. The lowest BCUT2D eigenvalue weighted by Crippen LogP contribution is -1.96. The van der Waals surface area contributed by atoms with Crippen LogP contribution in [0.5, 0.6) is 0 Å². The van der Waals surface area contributed by atoms with Crippen molar-refractivity contribution in [3.05, 3.63) is 0 Å². The van der Waals surface area contributed by atoms with E-state index in [1.54, 1.807) is 0 Å². The Labute approximate surface area is 61.2 Å². The molecule has 0 aliphatic rings. The first kappa shape index (κ1) is 9.43. The molecule has 0 aromatic rings. The Morgan fingerprint density at radius 2 is 2.00 bits per heavy atom. The van der Waals surface area contributed by atoms with Gasteiger partial charge in [0, 0.05) is 0 Å². The standard InChI is InChI=1S/C8H19P/c1-4-6-7-8(5-2)9-3/h8-9H,4-7H2,1-3H3. The Kier molecular flexibility index (Phi) is 6.86. The zero-order chi connectivity index (χ0) is 7.11. The molecule has 2 atom stereocenters. The van der Waals surface area contributed by atoms with Crippen LogP contribution >= 0.6 is 8.58 Å². The highest BCUT2D eigenvalue weighted by Gasteiger charge is 2.00. The molecule has 9 heavy (non-hydrogen) atoms. The minimum Gasteiger partial charge on any atom is -0.122 e. The number of hydrogen-bond acceptors (Lipinski definition) is 0. The molecule has 0 fully saturated rings. The molecule has 2 unspecified atom stereocenters. The summed E-state index contributed by atoms with van der Waals surface area (Å²) in [7, 11) is 1.16. The fourth-order valence-electron chi connectivity index (χ4n) is 1.00. The fraction of sp³-hybridized carbons (Fsp3) is 1.00. The van der Waals surface area contributed by atoms with Crippen LogP contribution in [0.2, 0.25) is 0 Å². The predicted octanol–water partition coefficient (Wildman–Crippen LogP) is 3.26. The van der Waals surface area contributed by atoms with E-state index in [0.29, 0.717) is 0 Å². The van der Waals surface area contributed by atoms with Gasteiger partial charge in [-0.05, 0) is 25.2 Å². The van der Waals surface area contributed by atoms with Crippen molar-refractivity contribution in [2.75, 3.05) is 6.66 Å². The van der Waals surface area contributed by atoms with Gasteiger partial charge >= 0.3 is 0 Å². The predicted molar refractivity (Wildman–Crippen MR) is 47.8 cm³/mol. The third kappa shape index (κ3) is 4.90. The normalized spacial score (nSPS) is 15.0. The molecule has 0 aliphatic heterocycles. The van der Waals surface area contributed by atoms with Crippen LogP contribution in [0.25, 0.3) is 0 Å². The molecular formula is C8H19P. The molecule has 0 spiro atoms. The average molecular weight is 146 g/mol. The van der Waals surface area contributed by atoms with Crippen LogP contribution < -0.4 is 0 Å². The second kappa shape index (κ2) is 6.55. The van der Waals surface area contributed by atoms with E-state index in [1.807, 2.05) is 0 Å². The smallest absolute Gasteiger partial charge is 0.0242 e. The summed E-state index contributed by atoms with van der Waals surface area (Å²) in [5.41, 5.74) is 1.03. The summed E-state index contributed by atoms with van der Waals surface area (Å²) in [6.45, 7) is 6.89. The Balaban J connectivity index is 3.09. The zero-order valence-electron chi connectivity index (χ0n) is 6.91. The van der Waals surface area contributed by atoms with Gasteiger partial charge < -0.3 is 0 Å². The van der Waals surface area contributed by atoms with E-state index in [2.05, 4.69) is 20.5 Å². The highest BCUT2D eigenvalue weighted by Crippen LogP contribution is 2.22. The minimum absolute atomic E-state index is 1.03. The van der Waals surface area contributed by atoms with Gasteiger partial charge in [-0.25, -0.2) is 0 Å². The Hall–Kier alpha value is 0.430. The van der Waals surface area contributed by atoms with Gasteiger partial charge in [0.1, 0.15) is 0 Å². The van der Waals surface area contributed by atoms with Crippen molar-refractivity contribution >= 4 is 8.58 Å². The van der Waals surface area contributed by atoms with Gasteiger partial charge in [-0.1, -0.05) is 26.7 Å². The zero-order valence-corrected chi connectivity index (χ0v) is 7.91. The fourth-order valence-corrected chi connectivity index (χ4v) is 1.90. The van der Waals surface area contributed by atoms with Crippen molar-refractivity contribution in [3.8, 4) is 0 Å². The van der Waals surface area contributed by atoms with Gasteiger partial charge in [0.05, 0.1) is 0 Å². The van der Waals surface area contributed by atoms with E-state index >= 15 is 0 Å². The number of rotatable bonds is 5. The Bertz CT molecular complexity index is 48.5. The number of unbranched alkanes of at least 4 members (excludes halogenated alkanes) is 1. The molecule has 0 saturated heterocycles. The van der Waals surface area contributed by atoms with E-state index in [1.165, 1.54) is 25.7 Å². The first-order chi connectivity index (χ1) is 4.35. The molecule has 0 amide bonds. The highest BCUT2D eigenvalue weighted by atomic mass is 31.1. The summed E-state index contributed by atoms with van der Waals surface area (Å²) >= 11 is 0. The molecule has 56 valence electrons. The van der Waals surface area contributed by atoms with E-state index in [9.17, 15) is 0 Å². The van der Waals surface area contributed by atoms with Crippen LogP contribution in [0.3, 0.4) is 0 Å². The monoisotopic (exact) mass is 146 g/mol. The van der Waals surface area contributed by atoms with E-state index in [0.717, 1.165) is 14.2 Å². The van der Waals surface area contributed by atoms with Crippen LogP contribution in [0.15, 0.2) is 0 Å². The lowest BCUT2D eigenvalue weighted by atomic mass is 10.2. The average Bonchev–Trinajstić information content (AvgIpc) is 1.91. The molecule has 0 bridgehead atoms. The molecule has 0 saturated carbocycles. The minimum atomic E-state index is 1.03. The first-order valence-electron chi connectivity index (χ1n) is 4.02. The topological polar surface area (TPSA) is 0 Å². The van der Waals surface area contributed by atoms with Crippen LogP contribution in [0.4, 0.5) is 0 Å². The van der Waals surface area contributed by atoms with E-state index in [4.69, 9.17) is 0 Å². The third-order valence-electron chi connectivity index (χ3n) is 1.81. The summed E-state index contributed by atoms with van der Waals surface area (Å²) in [5.74, 6) is 0. The maximum atomic E-state index is 2.32. The van der Waals surface area contributed by atoms with Gasteiger partial charge in [-0.2, -0.15) is 0 Å². The van der Waals surface area contributed by atoms with Gasteiger partial charge in [0.2, 0.25) is 0 Å². The van der Waals surface area contributed by atoms with Gasteiger partial charge in [0.25, 0.3) is 0 Å². The van der Waals surface area contributed by atoms with Crippen molar-refractivity contribution in [1.29, 1.82) is 0 Å². The largest absolute Gasteiger partial charge is 0.122 e. The molecule has 0 nitrogen and oxygen atoms in total. The van der Waals surface area contributed by atoms with Crippen molar-refractivity contribution < 1.29 is 0 Å². The second-order valence-electron chi connectivity index (χ2n) is 2.54. The maximum Gasteiger partial charge on any atom is -0.0242 e. The molecule has 0 rings (SSSR count). The number of hydrogen-bond donors (Lipinski definition) is 0. The van der Waals surface area contributed by atoms with Crippen molar-refractivity contribution in [2.45, 2.75) is 45.2 Å². The highest BCUT2D eigenvalue weighted by molar-refractivity contribution is 7.37. The summed E-state index contributed by atoms with van der Waals surface area (Å²) in [6, 6.07) is 0. The summed E-state index contributed by atoms with van der Waals surface area (Å²) < 4.78 is 0. The summed E-state index contributed by atoms with van der Waals surface area (Å²) in [6.07, 6.45) is 5.64. The maximum absolute atomic E-state index is 2.32. The SMILES string of the molecule is CCCCC(CC)PC. The lowest BCUT2D eigenvalue weighted by Gasteiger charge is -2.09. The summed E-state index contributed by atoms with van der Waals surface area (Å²) in [5, 5.41) is 0. The quantitative estimate of drug-likeness (QED) is 0.522. The molecule has 0 N–H and O–H groups in total. The Morgan fingerprint density at radius 3 is 2.33 bits per heavy atom. The second-order valence-corrected chi connectivity index (χ2v) is 3.93. The van der Waals surface area contributed by atoms with Gasteiger partial charge in [-0.15, -0.1) is 8.58 Å². The van der Waals surface area contributed by atoms with Crippen molar-refractivity contribution in [3.63, 3.8) is 0 Å². The van der Waals surface area contributed by atoms with E-state index in [-0.39, 0.29) is 0 Å². The molecule has 1 heteroatoms. The Morgan fingerprint density at radius 1 is 1.33 bits per heavy atom. The third-order valence-corrected chi connectivity index (χ3v) is 3.32. The van der Waals surface area contributed by atoms with Crippen LogP contribution in [0.1, 0.15) is 39.5 Å². The van der Waals surface area contributed by atoms with Gasteiger partial charge in [-0.3, -0.25) is 0 Å². The van der Waals surface area contributed by atoms with Crippen molar-refractivity contribution in [1.82, 2.24) is 0 Å². The molecule has 0 radical (unpaired) electrons. The first-order valence-corrected chi connectivity index (χ1v) is 5.60. The molecule has 0 heterocycles. The van der Waals surface area contributed by atoms with Crippen molar-refractivity contribution in [2.24, 2.45) is 0 Å². The van der Waals surface area contributed by atoms with Crippen LogP contribution in [-0.4, -0.2) is 12.3 Å².